The summed E-state index contributed by atoms with van der Waals surface area (Å²) < 4.78 is 1.92. The minimum absolute atomic E-state index is 0.0706. The van der Waals surface area contributed by atoms with Crippen LogP contribution >= 0.6 is 0 Å². The van der Waals surface area contributed by atoms with Crippen LogP contribution in [0.15, 0.2) is 77.6 Å². The van der Waals surface area contributed by atoms with Gasteiger partial charge in [-0.3, -0.25) is 14.2 Å². The highest BCUT2D eigenvalue weighted by molar-refractivity contribution is 5.93. The molecule has 0 bridgehead atoms. The summed E-state index contributed by atoms with van der Waals surface area (Å²) in [6, 6.07) is 22.8. The molecule has 0 aliphatic rings. The van der Waals surface area contributed by atoms with Crippen LogP contribution in [-0.4, -0.2) is 28.5 Å². The topological polar surface area (TPSA) is 88.1 Å². The van der Waals surface area contributed by atoms with E-state index in [1.165, 1.54) is 0 Å². The maximum atomic E-state index is 13.2. The molecule has 4 rings (SSSR count). The number of para-hydroxylation sites is 2. The summed E-state index contributed by atoms with van der Waals surface area (Å²) in [5, 5.41) is 9.65. The Hall–Kier alpha value is -4.13. The number of amides is 1. The third-order valence-corrected chi connectivity index (χ3v) is 4.97. The molecule has 2 aromatic carbocycles. The van der Waals surface area contributed by atoms with Crippen molar-refractivity contribution in [3.8, 4) is 5.69 Å². The molecule has 7 nitrogen and oxygen atoms in total. The van der Waals surface area contributed by atoms with Gasteiger partial charge >= 0.3 is 0 Å². The molecular formula is C25H25N5O2. The summed E-state index contributed by atoms with van der Waals surface area (Å²) in [6.45, 7) is 4.35. The Morgan fingerprint density at radius 3 is 2.38 bits per heavy atom. The van der Waals surface area contributed by atoms with Gasteiger partial charge in [0.1, 0.15) is 5.82 Å². The number of aromatic nitrogens is 2. The Morgan fingerprint density at radius 2 is 1.69 bits per heavy atom. The number of benzene rings is 2. The second-order valence-electron chi connectivity index (χ2n) is 7.37. The zero-order valence-electron chi connectivity index (χ0n) is 18.1. The summed E-state index contributed by atoms with van der Waals surface area (Å²) >= 11 is 0. The lowest BCUT2D eigenvalue weighted by Gasteiger charge is -2.19. The lowest BCUT2D eigenvalue weighted by atomic mass is 10.1. The van der Waals surface area contributed by atoms with Crippen molar-refractivity contribution in [2.45, 2.75) is 13.8 Å². The van der Waals surface area contributed by atoms with Crippen LogP contribution in [0.5, 0.6) is 0 Å². The molecule has 0 aliphatic carbocycles. The summed E-state index contributed by atoms with van der Waals surface area (Å²) in [7, 11) is 0. The average molecular weight is 428 g/mol. The van der Waals surface area contributed by atoms with Crippen molar-refractivity contribution in [3.05, 3.63) is 88.7 Å². The molecule has 0 saturated carbocycles. The number of hydrogen-bond acceptors (Lipinski definition) is 5. The first-order valence-corrected chi connectivity index (χ1v) is 10.5. The predicted molar refractivity (Wildman–Crippen MR) is 129 cm³/mol. The smallest absolute Gasteiger partial charge is 0.239 e. The number of nitrogens with one attached hydrogen (secondary N) is 3. The average Bonchev–Trinajstić information content (AvgIpc) is 2.79. The van der Waals surface area contributed by atoms with Crippen LogP contribution in [0.2, 0.25) is 0 Å². The van der Waals surface area contributed by atoms with Crippen LogP contribution in [0.1, 0.15) is 12.6 Å². The molecule has 162 valence electrons. The van der Waals surface area contributed by atoms with E-state index in [9.17, 15) is 9.59 Å². The predicted octanol–water partition coefficient (Wildman–Crippen LogP) is 3.99. The minimum atomic E-state index is -0.184. The third kappa shape index (κ3) is 4.46. The van der Waals surface area contributed by atoms with Gasteiger partial charge in [-0.05, 0) is 44.2 Å². The fourth-order valence-corrected chi connectivity index (χ4v) is 3.61. The van der Waals surface area contributed by atoms with E-state index in [0.29, 0.717) is 29.1 Å². The van der Waals surface area contributed by atoms with Gasteiger partial charge in [0.15, 0.2) is 11.1 Å². The highest BCUT2D eigenvalue weighted by Gasteiger charge is 2.17. The molecule has 0 radical (unpaired) electrons. The largest absolute Gasteiger partial charge is 0.375 e. The molecular weight excluding hydrogens is 402 g/mol. The maximum absolute atomic E-state index is 13.2. The van der Waals surface area contributed by atoms with Crippen molar-refractivity contribution in [2.24, 2.45) is 0 Å². The van der Waals surface area contributed by atoms with Crippen molar-refractivity contribution in [2.75, 3.05) is 23.7 Å². The van der Waals surface area contributed by atoms with Crippen molar-refractivity contribution in [1.82, 2.24) is 14.9 Å². The number of likely N-dealkylation sites (N-methyl/N-ethyl adjacent to an activating group) is 1. The maximum Gasteiger partial charge on any atom is 0.239 e. The fourth-order valence-electron chi connectivity index (χ4n) is 3.61. The Bertz CT molecular complexity index is 1300. The fraction of sp³-hybridized carbons (Fsp3) is 0.160. The SMILES string of the molecule is CCNC(=O)CNc1cc(C)nc2c1c(=O)cc(Nc1ccccc1)n2-c1ccccc1. The van der Waals surface area contributed by atoms with Gasteiger partial charge in [-0.25, -0.2) is 4.98 Å². The number of carbonyl (C=O) groups excluding carboxylic acids is 1. The Kier molecular flexibility index (Phi) is 6.17. The van der Waals surface area contributed by atoms with Crippen molar-refractivity contribution < 1.29 is 4.79 Å². The third-order valence-electron chi connectivity index (χ3n) is 4.97. The van der Waals surface area contributed by atoms with Crippen LogP contribution in [-0.2, 0) is 4.79 Å². The van der Waals surface area contributed by atoms with Crippen LogP contribution in [0.25, 0.3) is 16.7 Å². The van der Waals surface area contributed by atoms with E-state index in [1.54, 1.807) is 12.1 Å². The molecule has 0 fully saturated rings. The lowest BCUT2D eigenvalue weighted by molar-refractivity contribution is -0.119. The molecule has 0 atom stereocenters. The second kappa shape index (κ2) is 9.34. The van der Waals surface area contributed by atoms with Crippen molar-refractivity contribution in [1.29, 1.82) is 0 Å². The molecule has 1 amide bonds. The van der Waals surface area contributed by atoms with Gasteiger partial charge in [0.2, 0.25) is 5.91 Å². The Balaban J connectivity index is 1.92. The molecule has 0 spiro atoms. The van der Waals surface area contributed by atoms with E-state index in [1.807, 2.05) is 79.1 Å². The molecule has 4 aromatic rings. The monoisotopic (exact) mass is 427 g/mol. The summed E-state index contributed by atoms with van der Waals surface area (Å²) in [5.74, 6) is 0.466. The zero-order chi connectivity index (χ0) is 22.5. The molecule has 2 heterocycles. The second-order valence-corrected chi connectivity index (χ2v) is 7.37. The van der Waals surface area contributed by atoms with Gasteiger partial charge in [-0.2, -0.15) is 0 Å². The van der Waals surface area contributed by atoms with Gasteiger partial charge in [0.05, 0.1) is 17.6 Å². The van der Waals surface area contributed by atoms with E-state index >= 15 is 0 Å². The van der Waals surface area contributed by atoms with Crippen molar-refractivity contribution in [3.63, 3.8) is 0 Å². The highest BCUT2D eigenvalue weighted by Crippen LogP contribution is 2.28. The molecule has 0 aliphatic heterocycles. The standard InChI is InChI=1S/C25H25N5O2/c1-3-26-23(32)16-27-20-14-17(2)28-25-24(20)21(31)15-22(29-18-10-6-4-7-11-18)30(25)19-12-8-5-9-13-19/h4-15,29H,3,16H2,1-2H3,(H,26,32)(H,27,28). The van der Waals surface area contributed by atoms with Crippen molar-refractivity contribution >= 4 is 34.1 Å². The van der Waals surface area contributed by atoms with Gasteiger partial charge < -0.3 is 16.0 Å². The molecule has 0 unspecified atom stereocenters. The van der Waals surface area contributed by atoms with Crippen LogP contribution < -0.4 is 21.4 Å². The zero-order valence-corrected chi connectivity index (χ0v) is 18.1. The van der Waals surface area contributed by atoms with E-state index in [4.69, 9.17) is 4.98 Å². The molecule has 0 saturated heterocycles. The van der Waals surface area contributed by atoms with Crippen LogP contribution in [0.4, 0.5) is 17.2 Å². The number of carbonyl (C=O) groups is 1. The number of rotatable bonds is 7. The molecule has 7 heteroatoms. The summed E-state index contributed by atoms with van der Waals surface area (Å²) in [5.41, 5.74) is 3.37. The van der Waals surface area contributed by atoms with E-state index in [0.717, 1.165) is 17.1 Å². The highest BCUT2D eigenvalue weighted by atomic mass is 16.1. The van der Waals surface area contributed by atoms with Gasteiger partial charge in [0, 0.05) is 29.7 Å². The van der Waals surface area contributed by atoms with Gasteiger partial charge in [-0.1, -0.05) is 36.4 Å². The summed E-state index contributed by atoms with van der Waals surface area (Å²) in [4.78, 5) is 29.9. The number of pyridine rings is 2. The lowest BCUT2D eigenvalue weighted by Crippen LogP contribution is -2.29. The normalized spacial score (nSPS) is 10.7. The molecule has 32 heavy (non-hydrogen) atoms. The van der Waals surface area contributed by atoms with E-state index < -0.39 is 0 Å². The minimum Gasteiger partial charge on any atom is -0.375 e. The van der Waals surface area contributed by atoms with E-state index in [-0.39, 0.29) is 17.9 Å². The Labute approximate surface area is 186 Å². The quantitative estimate of drug-likeness (QED) is 0.415. The molecule has 3 N–H and O–H groups in total. The number of hydrogen-bond donors (Lipinski definition) is 3. The van der Waals surface area contributed by atoms with Crippen LogP contribution in [0, 0.1) is 6.92 Å². The first-order chi connectivity index (χ1) is 15.6. The van der Waals surface area contributed by atoms with Gasteiger partial charge in [0.25, 0.3) is 0 Å². The first-order valence-electron chi connectivity index (χ1n) is 10.5. The first kappa shape index (κ1) is 21.1. The number of aryl methyl sites for hydroxylation is 1. The number of fused-ring (bicyclic) bond motifs is 1. The Morgan fingerprint density at radius 1 is 1.00 bits per heavy atom. The summed E-state index contributed by atoms with van der Waals surface area (Å²) in [6.07, 6.45) is 0. The molecule has 2 aromatic heterocycles. The number of anilines is 3. The van der Waals surface area contributed by atoms with E-state index in [2.05, 4.69) is 16.0 Å². The van der Waals surface area contributed by atoms with Crippen LogP contribution in [0.3, 0.4) is 0 Å². The number of nitrogens with zero attached hydrogens (tertiary/aromatic N) is 2. The van der Waals surface area contributed by atoms with Gasteiger partial charge in [-0.15, -0.1) is 0 Å².